The Morgan fingerprint density at radius 3 is 3.06 bits per heavy atom. The van der Waals surface area contributed by atoms with E-state index in [9.17, 15) is 4.39 Å². The van der Waals surface area contributed by atoms with E-state index in [1.165, 1.54) is 12.5 Å². The zero-order valence-corrected chi connectivity index (χ0v) is 10.2. The number of halogens is 1. The van der Waals surface area contributed by atoms with Gasteiger partial charge in [-0.2, -0.15) is 11.8 Å². The van der Waals surface area contributed by atoms with Gasteiger partial charge in [0.1, 0.15) is 5.76 Å². The third-order valence-electron chi connectivity index (χ3n) is 3.21. The Morgan fingerprint density at radius 2 is 2.35 bits per heavy atom. The molecule has 2 unspecified atom stereocenters. The van der Waals surface area contributed by atoms with Gasteiger partial charge >= 0.3 is 0 Å². The molecule has 0 amide bonds. The first-order valence-corrected chi connectivity index (χ1v) is 6.86. The van der Waals surface area contributed by atoms with E-state index < -0.39 is 0 Å². The zero-order valence-electron chi connectivity index (χ0n) is 9.36. The lowest BCUT2D eigenvalue weighted by Gasteiger charge is -2.15. The van der Waals surface area contributed by atoms with Crippen LogP contribution in [0.15, 0.2) is 28.7 Å². The summed E-state index contributed by atoms with van der Waals surface area (Å²) in [4.78, 5) is 0. The predicted octanol–water partition coefficient (Wildman–Crippen LogP) is 3.47. The molecule has 1 aromatic heterocycles. The molecule has 17 heavy (non-hydrogen) atoms. The number of hydrogen-bond donors (Lipinski definition) is 1. The maximum atomic E-state index is 13.5. The molecule has 2 aromatic rings. The van der Waals surface area contributed by atoms with Crippen LogP contribution >= 0.6 is 11.8 Å². The normalized spacial score (nSPS) is 22.1. The molecule has 0 spiro atoms. The summed E-state index contributed by atoms with van der Waals surface area (Å²) in [6.07, 6.45) is 2.32. The van der Waals surface area contributed by atoms with Crippen LogP contribution in [0, 0.1) is 5.82 Å². The van der Waals surface area contributed by atoms with Crippen molar-refractivity contribution in [2.45, 2.75) is 24.1 Å². The van der Waals surface area contributed by atoms with Gasteiger partial charge in [0, 0.05) is 10.6 Å². The van der Waals surface area contributed by atoms with Crippen LogP contribution in [-0.4, -0.2) is 11.0 Å². The topological polar surface area (TPSA) is 39.2 Å². The first-order chi connectivity index (χ1) is 8.25. The highest BCUT2D eigenvalue weighted by Crippen LogP contribution is 2.36. The van der Waals surface area contributed by atoms with Gasteiger partial charge in [-0.25, -0.2) is 4.39 Å². The van der Waals surface area contributed by atoms with Crippen LogP contribution in [0.1, 0.15) is 24.6 Å². The first-order valence-electron chi connectivity index (χ1n) is 5.81. The molecule has 0 saturated carbocycles. The van der Waals surface area contributed by atoms with Gasteiger partial charge in [0.25, 0.3) is 0 Å². The highest BCUT2D eigenvalue weighted by atomic mass is 32.2. The summed E-state index contributed by atoms with van der Waals surface area (Å²) < 4.78 is 19.1. The summed E-state index contributed by atoms with van der Waals surface area (Å²) in [5.74, 6) is 1.54. The van der Waals surface area contributed by atoms with Crippen LogP contribution < -0.4 is 5.73 Å². The molecule has 1 aliphatic rings. The Kier molecular flexibility index (Phi) is 2.84. The van der Waals surface area contributed by atoms with Crippen molar-refractivity contribution in [2.24, 2.45) is 5.73 Å². The summed E-state index contributed by atoms with van der Waals surface area (Å²) in [6.45, 7) is 0. The maximum absolute atomic E-state index is 13.5. The zero-order chi connectivity index (χ0) is 11.8. The highest BCUT2D eigenvalue weighted by molar-refractivity contribution is 8.00. The van der Waals surface area contributed by atoms with Gasteiger partial charge in [0.05, 0.1) is 6.04 Å². The van der Waals surface area contributed by atoms with Gasteiger partial charge in [-0.15, -0.1) is 0 Å². The third-order valence-corrected chi connectivity index (χ3v) is 4.69. The van der Waals surface area contributed by atoms with E-state index in [2.05, 4.69) is 0 Å². The average molecular weight is 251 g/mol. The van der Waals surface area contributed by atoms with Gasteiger partial charge in [0.2, 0.25) is 0 Å². The fraction of sp³-hybridized carbons (Fsp3) is 0.385. The molecule has 1 saturated heterocycles. The number of thioether (sulfide) groups is 1. The lowest BCUT2D eigenvalue weighted by molar-refractivity contribution is 0.468. The smallest absolute Gasteiger partial charge is 0.169 e. The number of furan rings is 1. The van der Waals surface area contributed by atoms with Crippen LogP contribution in [0.4, 0.5) is 4.39 Å². The minimum Gasteiger partial charge on any atom is -0.456 e. The predicted molar refractivity (Wildman–Crippen MR) is 68.6 cm³/mol. The fourth-order valence-electron chi connectivity index (χ4n) is 2.28. The fourth-order valence-corrected chi connectivity index (χ4v) is 3.59. The van der Waals surface area contributed by atoms with Crippen molar-refractivity contribution >= 4 is 22.7 Å². The summed E-state index contributed by atoms with van der Waals surface area (Å²) in [5, 5.41) is 1.19. The quantitative estimate of drug-likeness (QED) is 0.888. The minimum atomic E-state index is -0.319. The SMILES string of the molecule is NC(c1cc2cccc(F)c2o1)C1CCCS1. The summed E-state index contributed by atoms with van der Waals surface area (Å²) >= 11 is 1.88. The van der Waals surface area contributed by atoms with E-state index >= 15 is 0 Å². The Bertz CT molecular complexity index is 533. The Labute approximate surface area is 103 Å². The van der Waals surface area contributed by atoms with E-state index in [0.717, 1.165) is 17.6 Å². The van der Waals surface area contributed by atoms with Crippen LogP contribution in [0.5, 0.6) is 0 Å². The molecule has 1 fully saturated rings. The monoisotopic (exact) mass is 251 g/mol. The Balaban J connectivity index is 1.97. The van der Waals surface area contributed by atoms with Gasteiger partial charge in [-0.1, -0.05) is 12.1 Å². The second kappa shape index (κ2) is 4.35. The average Bonchev–Trinajstić information content (AvgIpc) is 2.98. The number of nitrogens with two attached hydrogens (primary N) is 1. The standard InChI is InChI=1S/C13H14FNOS/c14-9-4-1-3-8-7-10(16-13(8)9)12(15)11-5-2-6-17-11/h1,3-4,7,11-12H,2,5-6,15H2. The van der Waals surface area contributed by atoms with Crippen LogP contribution in [0.25, 0.3) is 11.0 Å². The Morgan fingerprint density at radius 1 is 1.47 bits per heavy atom. The lowest BCUT2D eigenvalue weighted by Crippen LogP contribution is -2.20. The second-order valence-electron chi connectivity index (χ2n) is 4.38. The maximum Gasteiger partial charge on any atom is 0.169 e. The molecule has 2 atom stereocenters. The van der Waals surface area contributed by atoms with Gasteiger partial charge in [-0.05, 0) is 30.7 Å². The molecule has 1 aromatic carbocycles. The Hall–Kier alpha value is -1.000. The molecule has 2 heterocycles. The van der Waals surface area contributed by atoms with Gasteiger partial charge in [0.15, 0.2) is 11.4 Å². The van der Waals surface area contributed by atoms with E-state index in [1.54, 1.807) is 6.07 Å². The van der Waals surface area contributed by atoms with Crippen LogP contribution in [0.2, 0.25) is 0 Å². The molecule has 0 aliphatic carbocycles. The van der Waals surface area contributed by atoms with E-state index in [1.807, 2.05) is 23.9 Å². The molecule has 1 aliphatic heterocycles. The molecular formula is C13H14FNOS. The number of para-hydroxylation sites is 1. The molecule has 2 N–H and O–H groups in total. The molecule has 4 heteroatoms. The molecule has 0 radical (unpaired) electrons. The molecular weight excluding hydrogens is 237 g/mol. The summed E-state index contributed by atoms with van der Waals surface area (Å²) in [6, 6.07) is 6.68. The molecule has 90 valence electrons. The number of hydrogen-bond acceptors (Lipinski definition) is 3. The van der Waals surface area contributed by atoms with Crippen molar-refractivity contribution in [1.29, 1.82) is 0 Å². The van der Waals surface area contributed by atoms with Crippen LogP contribution in [-0.2, 0) is 0 Å². The van der Waals surface area contributed by atoms with E-state index in [4.69, 9.17) is 10.2 Å². The molecule has 3 rings (SSSR count). The number of rotatable bonds is 2. The van der Waals surface area contributed by atoms with Gasteiger partial charge < -0.3 is 10.2 Å². The lowest BCUT2D eigenvalue weighted by atomic mass is 10.1. The third kappa shape index (κ3) is 1.96. The van der Waals surface area contributed by atoms with Crippen LogP contribution in [0.3, 0.4) is 0 Å². The van der Waals surface area contributed by atoms with Crippen molar-refractivity contribution in [3.63, 3.8) is 0 Å². The largest absolute Gasteiger partial charge is 0.456 e. The summed E-state index contributed by atoms with van der Waals surface area (Å²) in [7, 11) is 0. The van der Waals surface area contributed by atoms with Crippen molar-refractivity contribution in [1.82, 2.24) is 0 Å². The van der Waals surface area contributed by atoms with Crippen molar-refractivity contribution in [3.8, 4) is 0 Å². The van der Waals surface area contributed by atoms with Crippen molar-refractivity contribution in [2.75, 3.05) is 5.75 Å². The number of benzene rings is 1. The van der Waals surface area contributed by atoms with E-state index in [-0.39, 0.29) is 11.9 Å². The van der Waals surface area contributed by atoms with Crippen molar-refractivity contribution < 1.29 is 8.81 Å². The molecule has 0 bridgehead atoms. The van der Waals surface area contributed by atoms with Gasteiger partial charge in [-0.3, -0.25) is 0 Å². The first kappa shape index (κ1) is 11.1. The minimum absolute atomic E-state index is 0.130. The molecule has 2 nitrogen and oxygen atoms in total. The number of fused-ring (bicyclic) bond motifs is 1. The van der Waals surface area contributed by atoms with E-state index in [0.29, 0.717) is 16.6 Å². The highest BCUT2D eigenvalue weighted by Gasteiger charge is 2.26. The summed E-state index contributed by atoms with van der Waals surface area (Å²) in [5.41, 5.74) is 6.50. The van der Waals surface area contributed by atoms with Crippen molar-refractivity contribution in [3.05, 3.63) is 35.8 Å². The second-order valence-corrected chi connectivity index (χ2v) is 5.73.